The van der Waals surface area contributed by atoms with Gasteiger partial charge >= 0.3 is 6.03 Å². The number of fused-ring (bicyclic) bond motifs is 1. The summed E-state index contributed by atoms with van der Waals surface area (Å²) in [5.41, 5.74) is 4.12. The van der Waals surface area contributed by atoms with Crippen molar-refractivity contribution in [3.8, 4) is 5.69 Å². The Labute approximate surface area is 207 Å². The minimum atomic E-state index is -0.422. The van der Waals surface area contributed by atoms with Crippen LogP contribution in [0.5, 0.6) is 0 Å². The van der Waals surface area contributed by atoms with Crippen LogP contribution < -0.4 is 10.9 Å². The van der Waals surface area contributed by atoms with Crippen molar-refractivity contribution in [2.75, 3.05) is 12.4 Å². The van der Waals surface area contributed by atoms with E-state index in [-0.39, 0.29) is 11.6 Å². The Hall–Kier alpha value is -3.45. The van der Waals surface area contributed by atoms with Crippen molar-refractivity contribution in [1.82, 2.24) is 14.5 Å². The van der Waals surface area contributed by atoms with Gasteiger partial charge in [0.05, 0.1) is 22.6 Å². The van der Waals surface area contributed by atoms with E-state index in [4.69, 9.17) is 4.98 Å². The first-order valence-corrected chi connectivity index (χ1v) is 12.0. The van der Waals surface area contributed by atoms with Gasteiger partial charge in [0.15, 0.2) is 0 Å². The van der Waals surface area contributed by atoms with E-state index in [0.29, 0.717) is 28.8 Å². The molecule has 4 rings (SSSR count). The van der Waals surface area contributed by atoms with Crippen LogP contribution in [-0.4, -0.2) is 27.5 Å². The number of aromatic nitrogens is 2. The summed E-state index contributed by atoms with van der Waals surface area (Å²) in [4.78, 5) is 33.3. The van der Waals surface area contributed by atoms with Gasteiger partial charge in [-0.05, 0) is 79.9 Å². The maximum absolute atomic E-state index is 13.7. The van der Waals surface area contributed by atoms with E-state index in [1.54, 1.807) is 22.6 Å². The lowest BCUT2D eigenvalue weighted by molar-refractivity contribution is 0.199. The van der Waals surface area contributed by atoms with E-state index in [1.165, 1.54) is 0 Å². The SMILES string of the molecule is CCC(c1nc2ccccc2c(=O)n1-c1ccc(C)c(C)c1)N(C)C(=O)Nc1ccc(Br)cc1. The second-order valence-corrected chi connectivity index (χ2v) is 9.28. The van der Waals surface area contributed by atoms with Crippen molar-refractivity contribution < 1.29 is 4.79 Å². The van der Waals surface area contributed by atoms with Crippen molar-refractivity contribution >= 4 is 38.6 Å². The normalized spacial score (nSPS) is 11.9. The minimum absolute atomic E-state index is 0.149. The summed E-state index contributed by atoms with van der Waals surface area (Å²) in [6, 6.07) is 19.9. The van der Waals surface area contributed by atoms with E-state index in [1.807, 2.05) is 81.4 Å². The van der Waals surface area contributed by atoms with Crippen molar-refractivity contribution in [3.63, 3.8) is 0 Å². The molecule has 3 aromatic carbocycles. The van der Waals surface area contributed by atoms with Crippen LogP contribution in [0, 0.1) is 13.8 Å². The van der Waals surface area contributed by atoms with E-state index < -0.39 is 6.04 Å². The number of benzene rings is 3. The molecule has 1 unspecified atom stereocenters. The second kappa shape index (κ2) is 9.81. The standard InChI is InChI=1S/C27H27BrN4O2/c1-5-24(31(4)27(34)29-20-13-11-19(28)12-14-20)25-30-23-9-7-6-8-22(23)26(33)32(25)21-15-10-17(2)18(3)16-21/h6-16,24H,5H2,1-4H3,(H,29,34). The fraction of sp³-hybridized carbons (Fsp3) is 0.222. The Morgan fingerprint density at radius 3 is 2.44 bits per heavy atom. The molecule has 34 heavy (non-hydrogen) atoms. The molecule has 0 fully saturated rings. The zero-order valence-corrected chi connectivity index (χ0v) is 21.3. The van der Waals surface area contributed by atoms with Gasteiger partial charge in [-0.1, -0.05) is 41.1 Å². The number of carbonyl (C=O) groups is 1. The average molecular weight is 519 g/mol. The molecule has 1 heterocycles. The van der Waals surface area contributed by atoms with Gasteiger partial charge in [-0.15, -0.1) is 0 Å². The van der Waals surface area contributed by atoms with Gasteiger partial charge in [0, 0.05) is 17.2 Å². The summed E-state index contributed by atoms with van der Waals surface area (Å²) in [6.07, 6.45) is 0.583. The maximum atomic E-state index is 13.7. The Morgan fingerprint density at radius 1 is 1.06 bits per heavy atom. The van der Waals surface area contributed by atoms with E-state index in [9.17, 15) is 9.59 Å². The number of urea groups is 1. The quantitative estimate of drug-likeness (QED) is 0.333. The number of rotatable bonds is 5. The molecule has 0 spiro atoms. The zero-order chi connectivity index (χ0) is 24.4. The van der Waals surface area contributed by atoms with Gasteiger partial charge in [0.2, 0.25) is 0 Å². The highest BCUT2D eigenvalue weighted by atomic mass is 79.9. The number of hydrogen-bond donors (Lipinski definition) is 1. The number of aryl methyl sites for hydroxylation is 2. The van der Waals surface area contributed by atoms with Crippen LogP contribution in [0.4, 0.5) is 10.5 Å². The van der Waals surface area contributed by atoms with Crippen LogP contribution in [0.3, 0.4) is 0 Å². The van der Waals surface area contributed by atoms with E-state index in [2.05, 4.69) is 21.2 Å². The molecule has 1 aromatic heterocycles. The Bertz CT molecular complexity index is 1410. The summed E-state index contributed by atoms with van der Waals surface area (Å²) in [5.74, 6) is 0.530. The molecule has 0 aliphatic heterocycles. The lowest BCUT2D eigenvalue weighted by atomic mass is 10.1. The molecule has 0 aliphatic carbocycles. The monoisotopic (exact) mass is 518 g/mol. The lowest BCUT2D eigenvalue weighted by Gasteiger charge is -2.29. The van der Waals surface area contributed by atoms with Crippen molar-refractivity contribution in [1.29, 1.82) is 0 Å². The smallest absolute Gasteiger partial charge is 0.317 e. The summed E-state index contributed by atoms with van der Waals surface area (Å²) >= 11 is 3.41. The zero-order valence-electron chi connectivity index (χ0n) is 19.7. The third kappa shape index (κ3) is 4.61. The third-order valence-corrected chi connectivity index (χ3v) is 6.65. The van der Waals surface area contributed by atoms with Crippen LogP contribution in [-0.2, 0) is 0 Å². The predicted octanol–water partition coefficient (Wildman–Crippen LogP) is 6.38. The molecule has 4 aromatic rings. The predicted molar refractivity (Wildman–Crippen MR) is 141 cm³/mol. The van der Waals surface area contributed by atoms with Gasteiger partial charge in [-0.3, -0.25) is 9.36 Å². The fourth-order valence-corrected chi connectivity index (χ4v) is 4.27. The highest BCUT2D eigenvalue weighted by molar-refractivity contribution is 9.10. The second-order valence-electron chi connectivity index (χ2n) is 8.37. The first kappa shape index (κ1) is 23.7. The van der Waals surface area contributed by atoms with Gasteiger partial charge in [-0.25, -0.2) is 9.78 Å². The Kier molecular flexibility index (Phi) is 6.84. The number of amides is 2. The topological polar surface area (TPSA) is 67.2 Å². The van der Waals surface area contributed by atoms with Crippen molar-refractivity contribution in [2.24, 2.45) is 0 Å². The summed E-state index contributed by atoms with van der Waals surface area (Å²) in [7, 11) is 1.73. The molecule has 2 amide bonds. The first-order chi connectivity index (χ1) is 16.3. The number of anilines is 1. The van der Waals surface area contributed by atoms with Crippen molar-refractivity contribution in [2.45, 2.75) is 33.2 Å². The molecular weight excluding hydrogens is 492 g/mol. The van der Waals surface area contributed by atoms with Crippen LogP contribution in [0.2, 0.25) is 0 Å². The minimum Gasteiger partial charge on any atom is -0.317 e. The highest BCUT2D eigenvalue weighted by Gasteiger charge is 2.26. The molecule has 1 N–H and O–H groups in total. The van der Waals surface area contributed by atoms with Crippen LogP contribution in [0.15, 0.2) is 76.0 Å². The molecule has 0 bridgehead atoms. The fourth-order valence-electron chi connectivity index (χ4n) is 4.00. The summed E-state index contributed by atoms with van der Waals surface area (Å²) < 4.78 is 2.58. The largest absolute Gasteiger partial charge is 0.322 e. The van der Waals surface area contributed by atoms with Crippen LogP contribution >= 0.6 is 15.9 Å². The summed E-state index contributed by atoms with van der Waals surface area (Å²) in [5, 5.41) is 3.47. The summed E-state index contributed by atoms with van der Waals surface area (Å²) in [6.45, 7) is 6.05. The number of nitrogens with zero attached hydrogens (tertiary/aromatic N) is 3. The van der Waals surface area contributed by atoms with Gasteiger partial charge in [0.25, 0.3) is 5.56 Å². The Morgan fingerprint density at radius 2 is 1.76 bits per heavy atom. The average Bonchev–Trinajstić information content (AvgIpc) is 2.83. The molecular formula is C27H27BrN4O2. The lowest BCUT2D eigenvalue weighted by Crippen LogP contribution is -2.38. The maximum Gasteiger partial charge on any atom is 0.322 e. The molecule has 0 aliphatic rings. The van der Waals surface area contributed by atoms with Crippen LogP contribution in [0.1, 0.15) is 36.3 Å². The third-order valence-electron chi connectivity index (χ3n) is 6.12. The molecule has 7 heteroatoms. The van der Waals surface area contributed by atoms with Crippen LogP contribution in [0.25, 0.3) is 16.6 Å². The number of hydrogen-bond acceptors (Lipinski definition) is 3. The molecule has 174 valence electrons. The van der Waals surface area contributed by atoms with Gasteiger partial charge in [-0.2, -0.15) is 0 Å². The first-order valence-electron chi connectivity index (χ1n) is 11.2. The number of halogens is 1. The van der Waals surface area contributed by atoms with Gasteiger partial charge < -0.3 is 10.2 Å². The number of nitrogens with one attached hydrogen (secondary N) is 1. The molecule has 1 atom stereocenters. The number of para-hydroxylation sites is 1. The molecule has 0 radical (unpaired) electrons. The Balaban J connectivity index is 1.83. The van der Waals surface area contributed by atoms with Crippen molar-refractivity contribution in [3.05, 3.63) is 98.5 Å². The molecule has 6 nitrogen and oxygen atoms in total. The molecule has 0 saturated heterocycles. The molecule has 0 saturated carbocycles. The van der Waals surface area contributed by atoms with E-state index in [0.717, 1.165) is 21.3 Å². The highest BCUT2D eigenvalue weighted by Crippen LogP contribution is 2.26. The van der Waals surface area contributed by atoms with Gasteiger partial charge in [0.1, 0.15) is 5.82 Å². The number of carbonyl (C=O) groups excluding carboxylic acids is 1. The van der Waals surface area contributed by atoms with E-state index >= 15 is 0 Å².